The third-order valence-corrected chi connectivity index (χ3v) is 14.2. The first kappa shape index (κ1) is 40.0. The molecule has 0 radical (unpaired) electrons. The number of amides is 3. The lowest BCUT2D eigenvalue weighted by Gasteiger charge is -2.43. The van der Waals surface area contributed by atoms with Gasteiger partial charge in [0, 0.05) is 53.4 Å². The number of phenols is 2. The van der Waals surface area contributed by atoms with Crippen LogP contribution in [0.3, 0.4) is 0 Å². The highest BCUT2D eigenvalue weighted by Gasteiger charge is 2.60. The monoisotopic (exact) mass is 797 g/mol. The predicted molar refractivity (Wildman–Crippen MR) is 199 cm³/mol. The first-order valence-electron chi connectivity index (χ1n) is 18.7. The van der Waals surface area contributed by atoms with Crippen LogP contribution in [-0.2, 0) is 25.5 Å². The molecule has 7 rings (SSSR count). The van der Waals surface area contributed by atoms with Gasteiger partial charge in [-0.05, 0) is 39.7 Å². The number of carbonyl (C=O) groups is 5. The highest BCUT2D eigenvalue weighted by Crippen LogP contribution is 2.53. The number of ether oxygens (including phenoxy) is 3. The smallest absolute Gasteiger partial charge is 0.315 e. The third-order valence-electron chi connectivity index (χ3n) is 12.4. The molecular formula is C39H47N3O13S. The van der Waals surface area contributed by atoms with E-state index in [2.05, 4.69) is 16.0 Å². The number of thioether (sulfide) groups is 1. The number of Topliss-reactive ketones (excluding diaryl/α,β-unsaturated/α-hetero) is 1. The minimum Gasteiger partial charge on any atom is -0.507 e. The molecule has 2 unspecified atom stereocenters. The summed E-state index contributed by atoms with van der Waals surface area (Å²) in [5.74, 6) is -3.52. The van der Waals surface area contributed by atoms with Crippen molar-refractivity contribution in [2.45, 2.75) is 118 Å². The van der Waals surface area contributed by atoms with Crippen molar-refractivity contribution in [2.75, 3.05) is 19.5 Å². The maximum Gasteiger partial charge on any atom is 0.315 e. The number of unbranched alkanes of at least 4 members (excludes halogenated alkanes) is 1. The summed E-state index contributed by atoms with van der Waals surface area (Å²) in [5, 5.41) is 64.9. The quantitative estimate of drug-likeness (QED) is 0.0781. The zero-order chi connectivity index (χ0) is 40.5. The van der Waals surface area contributed by atoms with Crippen LogP contribution < -0.4 is 20.7 Å². The van der Waals surface area contributed by atoms with Crippen molar-refractivity contribution in [3.05, 3.63) is 51.6 Å². The predicted octanol–water partition coefficient (Wildman–Crippen LogP) is 1.66. The van der Waals surface area contributed by atoms with Crippen molar-refractivity contribution in [1.82, 2.24) is 16.0 Å². The van der Waals surface area contributed by atoms with Crippen LogP contribution in [0, 0.1) is 0 Å². The number of hydrogen-bond acceptors (Lipinski definition) is 14. The number of hydrogen-bond donors (Lipinski definition) is 8. The number of fused-ring (bicyclic) bond motifs is 4. The molecule has 5 aliphatic rings. The lowest BCUT2D eigenvalue weighted by atomic mass is 9.72. The molecule has 0 spiro atoms. The summed E-state index contributed by atoms with van der Waals surface area (Å²) in [6.45, 7) is 4.58. The van der Waals surface area contributed by atoms with Crippen molar-refractivity contribution in [1.29, 1.82) is 0 Å². The molecule has 17 heteroatoms. The van der Waals surface area contributed by atoms with E-state index >= 15 is 0 Å². The van der Waals surface area contributed by atoms with E-state index in [1.807, 2.05) is 13.8 Å². The molecule has 56 heavy (non-hydrogen) atoms. The van der Waals surface area contributed by atoms with Gasteiger partial charge in [-0.1, -0.05) is 18.6 Å². The van der Waals surface area contributed by atoms with Crippen molar-refractivity contribution in [2.24, 2.45) is 0 Å². The van der Waals surface area contributed by atoms with Gasteiger partial charge in [0.05, 0.1) is 53.1 Å². The molecule has 8 N–H and O–H groups in total. The van der Waals surface area contributed by atoms with Gasteiger partial charge in [0.25, 0.3) is 0 Å². The van der Waals surface area contributed by atoms with E-state index in [1.54, 1.807) is 18.7 Å². The number of urea groups is 1. The number of aromatic hydroxyl groups is 2. The van der Waals surface area contributed by atoms with Crippen LogP contribution in [-0.4, -0.2) is 121 Å². The lowest BCUT2D eigenvalue weighted by molar-refractivity contribution is -0.249. The van der Waals surface area contributed by atoms with Crippen LogP contribution in [0.15, 0.2) is 18.2 Å². The molecule has 3 saturated heterocycles. The summed E-state index contributed by atoms with van der Waals surface area (Å²) >= 11 is 1.79. The van der Waals surface area contributed by atoms with Crippen molar-refractivity contribution >= 4 is 41.0 Å². The second-order valence-corrected chi connectivity index (χ2v) is 17.0. The summed E-state index contributed by atoms with van der Waals surface area (Å²) in [6.07, 6.45) is -3.68. The fraction of sp³-hybridized carbons (Fsp3) is 0.564. The normalized spacial score (nSPS) is 33.1. The maximum absolute atomic E-state index is 13.9. The summed E-state index contributed by atoms with van der Waals surface area (Å²) in [7, 11) is 1.31. The fourth-order valence-electron chi connectivity index (χ4n) is 8.97. The molecule has 16 nitrogen and oxygen atoms in total. The van der Waals surface area contributed by atoms with E-state index in [9.17, 15) is 49.5 Å². The number of aliphatic hydroxyl groups is 3. The summed E-state index contributed by atoms with van der Waals surface area (Å²) in [4.78, 5) is 65.9. The average molecular weight is 798 g/mol. The Labute approximate surface area is 326 Å². The van der Waals surface area contributed by atoms with Crippen molar-refractivity contribution in [3.63, 3.8) is 0 Å². The first-order chi connectivity index (χ1) is 26.5. The second-order valence-electron chi connectivity index (χ2n) is 15.8. The number of nitrogens with one attached hydrogen (secondary N) is 3. The number of benzene rings is 2. The van der Waals surface area contributed by atoms with E-state index < -0.39 is 101 Å². The topological polar surface area (TPSA) is 250 Å². The number of phenolic OH excluding ortho intramolecular Hbond substituents is 2. The van der Waals surface area contributed by atoms with E-state index in [4.69, 9.17) is 14.2 Å². The second kappa shape index (κ2) is 14.6. The summed E-state index contributed by atoms with van der Waals surface area (Å²) < 4.78 is 17.6. The van der Waals surface area contributed by atoms with Gasteiger partial charge in [0.1, 0.15) is 35.6 Å². The Balaban J connectivity index is 1.09. The van der Waals surface area contributed by atoms with Gasteiger partial charge in [0.2, 0.25) is 11.7 Å². The van der Waals surface area contributed by atoms with E-state index in [-0.39, 0.29) is 63.6 Å². The van der Waals surface area contributed by atoms with E-state index in [0.29, 0.717) is 6.42 Å². The number of aliphatic hydroxyl groups excluding tert-OH is 2. The Kier molecular flexibility index (Phi) is 10.4. The Morgan fingerprint density at radius 1 is 1.05 bits per heavy atom. The Hall–Kier alpha value is -4.26. The molecule has 3 fully saturated rings. The lowest BCUT2D eigenvalue weighted by Crippen LogP contribution is -2.58. The van der Waals surface area contributed by atoms with Crippen LogP contribution in [0.2, 0.25) is 0 Å². The molecule has 2 aromatic rings. The average Bonchev–Trinajstić information content (AvgIpc) is 3.53. The first-order valence-corrected chi connectivity index (χ1v) is 19.8. The van der Waals surface area contributed by atoms with Crippen molar-refractivity contribution in [3.8, 4) is 17.2 Å². The van der Waals surface area contributed by atoms with Crippen LogP contribution in [0.5, 0.6) is 17.2 Å². The highest BCUT2D eigenvalue weighted by molar-refractivity contribution is 8.00. The molecular weight excluding hydrogens is 751 g/mol. The van der Waals surface area contributed by atoms with Gasteiger partial charge in [-0.25, -0.2) is 4.79 Å². The number of carbonyl (C=O) groups excluding carboxylic acids is 5. The molecule has 0 saturated carbocycles. The molecule has 2 aromatic carbocycles. The molecule has 0 bridgehead atoms. The van der Waals surface area contributed by atoms with Gasteiger partial charge in [0.15, 0.2) is 17.9 Å². The van der Waals surface area contributed by atoms with Gasteiger partial charge in [-0.2, -0.15) is 11.8 Å². The van der Waals surface area contributed by atoms with Gasteiger partial charge < -0.3 is 55.7 Å². The number of rotatable bonds is 11. The molecule has 0 aromatic heterocycles. The Morgan fingerprint density at radius 3 is 2.50 bits per heavy atom. The Morgan fingerprint density at radius 2 is 1.79 bits per heavy atom. The zero-order valence-corrected chi connectivity index (χ0v) is 32.3. The molecule has 3 amide bonds. The SMILES string of the molecule is COc1cccc2c1C(=O)c1c(O)c3c(c(O)c1C2=O)C[C@@](O)(C(=O)CO)C[C@@H]3O[C@H]1C[C@H](NC(=O)CCCCC2SC[C@]3(C)NC(=O)N[C@]23C)C(O)[C@H](C)O1. The fourth-order valence-corrected chi connectivity index (χ4v) is 10.9. The van der Waals surface area contributed by atoms with E-state index in [1.165, 1.54) is 25.3 Å². The minimum absolute atomic E-state index is 0.0707. The highest BCUT2D eigenvalue weighted by atomic mass is 32.2. The largest absolute Gasteiger partial charge is 0.507 e. The van der Waals surface area contributed by atoms with Crippen LogP contribution in [0.25, 0.3) is 0 Å². The third kappa shape index (κ3) is 6.41. The zero-order valence-electron chi connectivity index (χ0n) is 31.5. The summed E-state index contributed by atoms with van der Waals surface area (Å²) in [6, 6.07) is 3.31. The number of ketones is 3. The van der Waals surface area contributed by atoms with Gasteiger partial charge in [-0.3, -0.25) is 19.2 Å². The Bertz CT molecular complexity index is 2010. The van der Waals surface area contributed by atoms with Gasteiger partial charge >= 0.3 is 6.03 Å². The molecule has 2 aliphatic carbocycles. The van der Waals surface area contributed by atoms with Crippen molar-refractivity contribution < 1.29 is 63.7 Å². The van der Waals surface area contributed by atoms with E-state index in [0.717, 1.165) is 18.6 Å². The number of methoxy groups -OCH3 is 1. The minimum atomic E-state index is -2.33. The molecule has 3 heterocycles. The molecule has 9 atom stereocenters. The summed E-state index contributed by atoms with van der Waals surface area (Å²) in [5.41, 5.74) is -4.70. The van der Waals surface area contributed by atoms with Crippen LogP contribution in [0.1, 0.15) is 108 Å². The van der Waals surface area contributed by atoms with Crippen LogP contribution >= 0.6 is 11.8 Å². The standard InChI is InChI=1S/C39H47N3O13S/c1-17-31(46)20(40-25(45)11-6-5-10-24-38(3)37(2,16-56-24)41-36(51)42-38)12-26(54-17)55-22-14-39(52,23(44)15-43)13-19-28(22)35(50)30-29(33(19)48)32(47)18-8-7-9-21(53-4)27(18)34(30)49/h7-9,17,20,22,24,26,31,43,46,48,50,52H,5-6,10-16H2,1-4H3,(H,40,45)(H2,41,42,51)/t17-,20-,22-,24?,26-,31?,37-,38+,39-/m0/s1. The van der Waals surface area contributed by atoms with Crippen LogP contribution in [0.4, 0.5) is 4.79 Å². The molecule has 302 valence electrons. The van der Waals surface area contributed by atoms with Gasteiger partial charge in [-0.15, -0.1) is 0 Å². The maximum atomic E-state index is 13.9. The molecule has 3 aliphatic heterocycles.